The van der Waals surface area contributed by atoms with E-state index in [0.29, 0.717) is 0 Å². The van der Waals surface area contributed by atoms with E-state index < -0.39 is 0 Å². The van der Waals surface area contributed by atoms with Gasteiger partial charge in [0.15, 0.2) is 0 Å². The molecule has 0 aliphatic rings. The summed E-state index contributed by atoms with van der Waals surface area (Å²) in [6, 6.07) is 2.19. The maximum absolute atomic E-state index is 12.0. The quantitative estimate of drug-likeness (QED) is 0.750. The molecule has 0 saturated heterocycles. The summed E-state index contributed by atoms with van der Waals surface area (Å²) in [5.74, 6) is -0.0814. The molecule has 0 bridgehead atoms. The van der Waals surface area contributed by atoms with E-state index in [9.17, 15) is 4.79 Å². The van der Waals surface area contributed by atoms with Gasteiger partial charge in [-0.05, 0) is 33.8 Å². The zero-order valence-electron chi connectivity index (χ0n) is 12.8. The molecule has 7 heteroatoms. The number of carbonyl (C=O) groups is 1. The first-order chi connectivity index (χ1) is 9.99. The first-order valence-corrected chi connectivity index (χ1v) is 7.03. The third kappa shape index (κ3) is 3.69. The Kier molecular flexibility index (Phi) is 4.74. The van der Waals surface area contributed by atoms with Crippen LogP contribution in [0.3, 0.4) is 0 Å². The first kappa shape index (κ1) is 15.2. The van der Waals surface area contributed by atoms with E-state index in [1.807, 2.05) is 37.7 Å². The lowest BCUT2D eigenvalue weighted by Gasteiger charge is -2.21. The maximum Gasteiger partial charge on any atom is 0.238 e. The van der Waals surface area contributed by atoms with Crippen molar-refractivity contribution in [3.05, 3.63) is 29.8 Å². The Bertz CT molecular complexity index is 569. The molecule has 2 heterocycles. The fraction of sp³-hybridized carbons (Fsp3) is 0.500. The Labute approximate surface area is 124 Å². The van der Waals surface area contributed by atoms with Crippen LogP contribution < -0.4 is 10.6 Å². The van der Waals surface area contributed by atoms with Gasteiger partial charge in [0.1, 0.15) is 0 Å². The number of carbonyl (C=O) groups excluding carboxylic acids is 1. The zero-order valence-corrected chi connectivity index (χ0v) is 12.8. The van der Waals surface area contributed by atoms with Crippen LogP contribution in [0, 0.1) is 13.8 Å². The van der Waals surface area contributed by atoms with Crippen LogP contribution in [0.15, 0.2) is 18.5 Å². The molecule has 3 N–H and O–H groups in total. The molecule has 0 radical (unpaired) electrons. The van der Waals surface area contributed by atoms with Crippen LogP contribution in [0.4, 0.5) is 5.69 Å². The number of aryl methyl sites for hydroxylation is 2. The predicted octanol–water partition coefficient (Wildman–Crippen LogP) is 1.40. The Morgan fingerprint density at radius 2 is 2.19 bits per heavy atom. The fourth-order valence-electron chi connectivity index (χ4n) is 2.09. The number of hydrogen-bond acceptors (Lipinski definition) is 4. The molecule has 0 unspecified atom stereocenters. The second-order valence-electron chi connectivity index (χ2n) is 5.25. The van der Waals surface area contributed by atoms with Gasteiger partial charge < -0.3 is 10.6 Å². The topological polar surface area (TPSA) is 87.6 Å². The van der Waals surface area contributed by atoms with Crippen molar-refractivity contribution in [3.8, 4) is 0 Å². The molecule has 2 atom stereocenters. The largest absolute Gasteiger partial charge is 0.322 e. The summed E-state index contributed by atoms with van der Waals surface area (Å²) in [5, 5.41) is 17.2. The Morgan fingerprint density at radius 3 is 2.76 bits per heavy atom. The number of H-pyrrole nitrogens is 1. The van der Waals surface area contributed by atoms with Crippen molar-refractivity contribution >= 4 is 11.6 Å². The van der Waals surface area contributed by atoms with Crippen LogP contribution in [0.25, 0.3) is 0 Å². The number of nitrogens with zero attached hydrogens (tertiary/aromatic N) is 3. The summed E-state index contributed by atoms with van der Waals surface area (Å²) in [5.41, 5.74) is 2.41. The minimum absolute atomic E-state index is 0.0814. The van der Waals surface area contributed by atoms with E-state index in [1.54, 1.807) is 6.20 Å². The van der Waals surface area contributed by atoms with Crippen LogP contribution >= 0.6 is 0 Å². The number of nitrogens with one attached hydrogen (secondary N) is 3. The summed E-state index contributed by atoms with van der Waals surface area (Å²) >= 11 is 0. The molecule has 0 saturated carbocycles. The molecule has 0 aromatic carbocycles. The fourth-order valence-corrected chi connectivity index (χ4v) is 2.09. The smallest absolute Gasteiger partial charge is 0.238 e. The number of amides is 1. The van der Waals surface area contributed by atoms with Gasteiger partial charge in [-0.25, -0.2) is 0 Å². The highest BCUT2D eigenvalue weighted by Gasteiger charge is 2.16. The van der Waals surface area contributed by atoms with Crippen LogP contribution in [-0.2, 0) is 4.79 Å². The summed E-state index contributed by atoms with van der Waals surface area (Å²) < 4.78 is 1.87. The molecule has 114 valence electrons. The Balaban J connectivity index is 1.84. The van der Waals surface area contributed by atoms with E-state index in [0.717, 1.165) is 17.1 Å². The zero-order chi connectivity index (χ0) is 15.4. The van der Waals surface area contributed by atoms with Crippen LogP contribution in [0.1, 0.15) is 31.3 Å². The average molecular weight is 290 g/mol. The van der Waals surface area contributed by atoms with Crippen molar-refractivity contribution < 1.29 is 4.79 Å². The molecule has 0 aliphatic carbocycles. The van der Waals surface area contributed by atoms with E-state index in [2.05, 4.69) is 32.9 Å². The summed E-state index contributed by atoms with van der Waals surface area (Å²) in [4.78, 5) is 12.0. The molecule has 1 amide bonds. The average Bonchev–Trinajstić information content (AvgIpc) is 3.09. The molecule has 21 heavy (non-hydrogen) atoms. The van der Waals surface area contributed by atoms with Crippen LogP contribution in [-0.4, -0.2) is 38.5 Å². The molecular weight excluding hydrogens is 268 g/mol. The molecule has 0 spiro atoms. The van der Waals surface area contributed by atoms with Gasteiger partial charge >= 0.3 is 0 Å². The molecular formula is C14H22N6O. The molecule has 2 aromatic heterocycles. The van der Waals surface area contributed by atoms with E-state index >= 15 is 0 Å². The number of hydrogen-bond donors (Lipinski definition) is 3. The van der Waals surface area contributed by atoms with Gasteiger partial charge in [-0.2, -0.15) is 10.2 Å². The highest BCUT2D eigenvalue weighted by molar-refractivity contribution is 5.93. The summed E-state index contributed by atoms with van der Waals surface area (Å²) in [6.45, 7) is 8.08. The van der Waals surface area contributed by atoms with Crippen molar-refractivity contribution in [2.75, 3.05) is 11.9 Å². The number of anilines is 1. The number of aromatic nitrogens is 4. The second kappa shape index (κ2) is 6.53. The predicted molar refractivity (Wildman–Crippen MR) is 81.1 cm³/mol. The highest BCUT2D eigenvalue weighted by Crippen LogP contribution is 2.15. The van der Waals surface area contributed by atoms with E-state index in [-0.39, 0.29) is 24.5 Å². The lowest BCUT2D eigenvalue weighted by Crippen LogP contribution is -2.39. The van der Waals surface area contributed by atoms with Crippen LogP contribution in [0.5, 0.6) is 0 Å². The number of aromatic amines is 1. The number of rotatable bonds is 6. The third-order valence-electron chi connectivity index (χ3n) is 3.64. The monoisotopic (exact) mass is 290 g/mol. The lowest BCUT2D eigenvalue weighted by atomic mass is 10.2. The second-order valence-corrected chi connectivity index (χ2v) is 5.25. The van der Waals surface area contributed by atoms with E-state index in [1.165, 1.54) is 0 Å². The summed E-state index contributed by atoms with van der Waals surface area (Å²) in [6.07, 6.45) is 3.67. The van der Waals surface area contributed by atoms with Gasteiger partial charge in [0, 0.05) is 18.4 Å². The van der Waals surface area contributed by atoms with Gasteiger partial charge in [0.2, 0.25) is 5.91 Å². The SMILES string of the molecule is Cc1n[nH]c(C)c1NC(=O)CN[C@H](C)[C@H](C)n1cccn1. The highest BCUT2D eigenvalue weighted by atomic mass is 16.1. The van der Waals surface area contributed by atoms with Crippen molar-refractivity contribution in [2.45, 2.75) is 39.8 Å². The van der Waals surface area contributed by atoms with Crippen molar-refractivity contribution in [1.29, 1.82) is 0 Å². The van der Waals surface area contributed by atoms with Gasteiger partial charge in [-0.15, -0.1) is 0 Å². The standard InChI is InChI=1S/C14H22N6O/c1-9(12(4)20-7-5-6-16-20)15-8-13(21)17-14-10(2)18-19-11(14)3/h5-7,9,12,15H,8H2,1-4H3,(H,17,21)(H,18,19)/t9-,12+/m1/s1. The van der Waals surface area contributed by atoms with Crippen LogP contribution in [0.2, 0.25) is 0 Å². The maximum atomic E-state index is 12.0. The Morgan fingerprint density at radius 1 is 1.43 bits per heavy atom. The van der Waals surface area contributed by atoms with Crippen molar-refractivity contribution in [1.82, 2.24) is 25.3 Å². The van der Waals surface area contributed by atoms with Gasteiger partial charge in [0.25, 0.3) is 0 Å². The van der Waals surface area contributed by atoms with Gasteiger partial charge in [-0.1, -0.05) is 0 Å². The first-order valence-electron chi connectivity index (χ1n) is 7.03. The van der Waals surface area contributed by atoms with Crippen molar-refractivity contribution in [3.63, 3.8) is 0 Å². The third-order valence-corrected chi connectivity index (χ3v) is 3.64. The van der Waals surface area contributed by atoms with Gasteiger partial charge in [0.05, 0.1) is 29.7 Å². The molecule has 2 aromatic rings. The lowest BCUT2D eigenvalue weighted by molar-refractivity contribution is -0.115. The molecule has 2 rings (SSSR count). The Hall–Kier alpha value is -2.15. The summed E-state index contributed by atoms with van der Waals surface area (Å²) in [7, 11) is 0. The van der Waals surface area contributed by atoms with Gasteiger partial charge in [-0.3, -0.25) is 14.6 Å². The van der Waals surface area contributed by atoms with E-state index in [4.69, 9.17) is 0 Å². The minimum Gasteiger partial charge on any atom is -0.322 e. The molecule has 0 aliphatic heterocycles. The molecule has 7 nitrogen and oxygen atoms in total. The van der Waals surface area contributed by atoms with Crippen molar-refractivity contribution in [2.24, 2.45) is 0 Å². The molecule has 0 fully saturated rings. The normalized spacial score (nSPS) is 13.9. The minimum atomic E-state index is -0.0814.